The molecule has 0 saturated carbocycles. The van der Waals surface area contributed by atoms with E-state index in [2.05, 4.69) is 47.5 Å². The lowest BCUT2D eigenvalue weighted by atomic mass is 9.83. The summed E-state index contributed by atoms with van der Waals surface area (Å²) < 4.78 is 23.7. The van der Waals surface area contributed by atoms with Gasteiger partial charge in [-0.05, 0) is 56.6 Å². The number of carbonyl (C=O) groups excluding carboxylic acids is 1. The number of anilines is 2. The molecule has 9 heteroatoms. The van der Waals surface area contributed by atoms with Crippen LogP contribution < -0.4 is 11.1 Å². The number of halogens is 1. The van der Waals surface area contributed by atoms with Crippen LogP contribution in [0.1, 0.15) is 33.3 Å². The van der Waals surface area contributed by atoms with Gasteiger partial charge in [0.05, 0.1) is 29.8 Å². The van der Waals surface area contributed by atoms with Gasteiger partial charge in [0.25, 0.3) is 5.91 Å². The molecule has 0 unspecified atom stereocenters. The van der Waals surface area contributed by atoms with Crippen LogP contribution >= 0.6 is 0 Å². The highest BCUT2D eigenvalue weighted by molar-refractivity contribution is 6.08. The van der Waals surface area contributed by atoms with Crippen molar-refractivity contribution < 1.29 is 13.9 Å². The van der Waals surface area contributed by atoms with Crippen molar-refractivity contribution in [3.05, 3.63) is 72.3 Å². The van der Waals surface area contributed by atoms with Gasteiger partial charge in [0.1, 0.15) is 23.6 Å². The maximum Gasteiger partial charge on any atom is 0.250 e. The van der Waals surface area contributed by atoms with Crippen molar-refractivity contribution in [3.8, 4) is 22.4 Å². The minimum Gasteiger partial charge on any atom is -0.383 e. The maximum absolute atomic E-state index is 16.1. The Morgan fingerprint density at radius 1 is 1.20 bits per heavy atom. The van der Waals surface area contributed by atoms with Crippen molar-refractivity contribution >= 4 is 28.4 Å². The molecule has 0 spiro atoms. The number of aryl methyl sites for hydroxylation is 1. The van der Waals surface area contributed by atoms with E-state index >= 15 is 4.39 Å². The van der Waals surface area contributed by atoms with Gasteiger partial charge in [0, 0.05) is 35.5 Å². The molecule has 1 amide bonds. The number of aromatic nitrogens is 3. The monoisotopic (exact) mass is 542 g/mol. The van der Waals surface area contributed by atoms with Crippen LogP contribution in [0.15, 0.2) is 60.9 Å². The summed E-state index contributed by atoms with van der Waals surface area (Å²) in [5, 5.41) is 3.48. The molecule has 0 bridgehead atoms. The number of benzene rings is 2. The second kappa shape index (κ2) is 10.5. The molecular formula is C31H35FN6O2. The van der Waals surface area contributed by atoms with Gasteiger partial charge in [-0.15, -0.1) is 0 Å². The van der Waals surface area contributed by atoms with Gasteiger partial charge in [-0.3, -0.25) is 9.69 Å². The van der Waals surface area contributed by atoms with E-state index in [1.807, 2.05) is 48.0 Å². The highest BCUT2D eigenvalue weighted by atomic mass is 19.1. The average Bonchev–Trinajstić information content (AvgIpc) is 3.20. The number of nitrogens with two attached hydrogens (primary N) is 1. The topological polar surface area (TPSA) is 98.3 Å². The molecule has 5 rings (SSSR count). The fourth-order valence-electron chi connectivity index (χ4n) is 5.83. The Morgan fingerprint density at radius 2 is 1.88 bits per heavy atom. The molecule has 3 N–H and O–H groups in total. The summed E-state index contributed by atoms with van der Waals surface area (Å²) in [5.74, 6) is -0.223. The van der Waals surface area contributed by atoms with Gasteiger partial charge in [0.15, 0.2) is 0 Å². The van der Waals surface area contributed by atoms with Crippen LogP contribution in [0.4, 0.5) is 15.9 Å². The second-order valence-corrected chi connectivity index (χ2v) is 10.7. The highest BCUT2D eigenvalue weighted by Gasteiger charge is 2.47. The Labute approximate surface area is 233 Å². The van der Waals surface area contributed by atoms with E-state index in [1.165, 1.54) is 6.33 Å². The molecule has 2 aromatic carbocycles. The number of ether oxygens (including phenoxy) is 1. The molecule has 3 heterocycles. The number of amides is 1. The first kappa shape index (κ1) is 27.5. The highest BCUT2D eigenvalue weighted by Crippen LogP contribution is 2.44. The lowest BCUT2D eigenvalue weighted by molar-refractivity contribution is -0.156. The molecule has 0 atom stereocenters. The minimum absolute atomic E-state index is 0.234. The Balaban J connectivity index is 1.65. The van der Waals surface area contributed by atoms with Gasteiger partial charge in [-0.1, -0.05) is 37.8 Å². The van der Waals surface area contributed by atoms with Crippen LogP contribution in [-0.4, -0.2) is 51.1 Å². The maximum atomic E-state index is 16.1. The SMILES string of the molecule is C=C(C)C(=O)Nc1ccc(-c2c(-c3ccc(C4(N(CC)C(C)C)COC4)c(F)c3)c3c(N)ncnc3n2C)cc1. The molecule has 1 fully saturated rings. The van der Waals surface area contributed by atoms with E-state index in [0.29, 0.717) is 52.5 Å². The number of nitrogens with one attached hydrogen (secondary N) is 1. The van der Waals surface area contributed by atoms with Crippen molar-refractivity contribution in [2.75, 3.05) is 30.8 Å². The Bertz CT molecular complexity index is 1600. The first-order valence-electron chi connectivity index (χ1n) is 13.4. The third-order valence-electron chi connectivity index (χ3n) is 7.75. The first-order valence-corrected chi connectivity index (χ1v) is 13.4. The number of carbonyl (C=O) groups is 1. The fraction of sp³-hybridized carbons (Fsp3) is 0.323. The molecule has 1 saturated heterocycles. The quantitative estimate of drug-likeness (QED) is 0.286. The van der Waals surface area contributed by atoms with Crippen LogP contribution in [0, 0.1) is 5.82 Å². The molecule has 2 aromatic heterocycles. The normalized spacial score (nSPS) is 14.5. The van der Waals surface area contributed by atoms with Gasteiger partial charge in [-0.25, -0.2) is 14.4 Å². The zero-order valence-electron chi connectivity index (χ0n) is 23.6. The predicted octanol–water partition coefficient (Wildman–Crippen LogP) is 5.49. The number of likely N-dealkylation sites (N-methyl/N-ethyl adjacent to an activating group) is 1. The number of nitrogen functional groups attached to an aromatic ring is 1. The Morgan fingerprint density at radius 3 is 2.42 bits per heavy atom. The molecule has 40 heavy (non-hydrogen) atoms. The molecule has 1 aliphatic rings. The Kier molecular flexibility index (Phi) is 7.20. The smallest absolute Gasteiger partial charge is 0.250 e. The summed E-state index contributed by atoms with van der Waals surface area (Å²) in [5.41, 5.74) is 11.3. The van der Waals surface area contributed by atoms with Crippen LogP contribution in [0.25, 0.3) is 33.4 Å². The fourth-order valence-corrected chi connectivity index (χ4v) is 5.83. The van der Waals surface area contributed by atoms with Crippen molar-refractivity contribution in [2.24, 2.45) is 7.05 Å². The van der Waals surface area contributed by atoms with Crippen molar-refractivity contribution in [2.45, 2.75) is 39.3 Å². The Hall–Kier alpha value is -4.08. The lowest BCUT2D eigenvalue weighted by Crippen LogP contribution is -2.61. The first-order chi connectivity index (χ1) is 19.1. The number of hydrogen-bond acceptors (Lipinski definition) is 6. The molecule has 1 aliphatic heterocycles. The van der Waals surface area contributed by atoms with Crippen molar-refractivity contribution in [1.82, 2.24) is 19.4 Å². The minimum atomic E-state index is -0.501. The van der Waals surface area contributed by atoms with Gasteiger partial charge in [-0.2, -0.15) is 0 Å². The van der Waals surface area contributed by atoms with Crippen LogP contribution in [0.3, 0.4) is 0 Å². The largest absolute Gasteiger partial charge is 0.383 e. The predicted molar refractivity (Wildman–Crippen MR) is 157 cm³/mol. The van der Waals surface area contributed by atoms with Crippen LogP contribution in [-0.2, 0) is 22.1 Å². The molecule has 0 aliphatic carbocycles. The van der Waals surface area contributed by atoms with E-state index in [1.54, 1.807) is 13.0 Å². The van der Waals surface area contributed by atoms with E-state index in [-0.39, 0.29) is 17.8 Å². The average molecular weight is 543 g/mol. The van der Waals surface area contributed by atoms with Gasteiger partial charge >= 0.3 is 0 Å². The van der Waals surface area contributed by atoms with Crippen LogP contribution in [0.5, 0.6) is 0 Å². The van der Waals surface area contributed by atoms with Crippen molar-refractivity contribution in [3.63, 3.8) is 0 Å². The summed E-state index contributed by atoms with van der Waals surface area (Å²) in [4.78, 5) is 23.1. The zero-order valence-corrected chi connectivity index (χ0v) is 23.6. The van der Waals surface area contributed by atoms with E-state index < -0.39 is 5.54 Å². The summed E-state index contributed by atoms with van der Waals surface area (Å²) in [6.07, 6.45) is 1.43. The lowest BCUT2D eigenvalue weighted by Gasteiger charge is -2.51. The number of hydrogen-bond donors (Lipinski definition) is 2. The van der Waals surface area contributed by atoms with E-state index in [4.69, 9.17) is 10.5 Å². The third kappa shape index (κ3) is 4.45. The van der Waals surface area contributed by atoms with Gasteiger partial charge in [0.2, 0.25) is 0 Å². The number of rotatable bonds is 8. The summed E-state index contributed by atoms with van der Waals surface area (Å²) in [6, 6.07) is 13.1. The summed E-state index contributed by atoms with van der Waals surface area (Å²) in [6.45, 7) is 13.4. The van der Waals surface area contributed by atoms with E-state index in [9.17, 15) is 4.79 Å². The number of nitrogens with zero attached hydrogens (tertiary/aromatic N) is 4. The second-order valence-electron chi connectivity index (χ2n) is 10.7. The van der Waals surface area contributed by atoms with Crippen LogP contribution in [0.2, 0.25) is 0 Å². The number of fused-ring (bicyclic) bond motifs is 1. The summed E-state index contributed by atoms with van der Waals surface area (Å²) >= 11 is 0. The molecule has 208 valence electrons. The van der Waals surface area contributed by atoms with E-state index in [0.717, 1.165) is 23.4 Å². The van der Waals surface area contributed by atoms with Crippen molar-refractivity contribution in [1.29, 1.82) is 0 Å². The standard InChI is InChI=1S/C31H35FN6O2/c1-7-38(19(4)5)31(15-40-16-31)23-13-10-21(14-24(23)32)25-26-28(33)34-17-35-29(26)37(6)27(25)20-8-11-22(12-9-20)36-30(39)18(2)3/h8-14,17,19H,2,7,15-16H2,1,3-6H3,(H,36,39)(H2,33,34,35). The third-order valence-corrected chi connectivity index (χ3v) is 7.75. The molecule has 0 radical (unpaired) electrons. The molecule has 4 aromatic rings. The van der Waals surface area contributed by atoms with Gasteiger partial charge < -0.3 is 20.4 Å². The molecule has 8 nitrogen and oxygen atoms in total. The summed E-state index contributed by atoms with van der Waals surface area (Å²) in [7, 11) is 1.90. The molecular weight excluding hydrogens is 507 g/mol. The zero-order chi connectivity index (χ0) is 28.8.